The minimum Gasteiger partial charge on any atom is -0.293 e. The third kappa shape index (κ3) is 3.71. The molecule has 0 aliphatic carbocycles. The first kappa shape index (κ1) is 18.7. The van der Waals surface area contributed by atoms with Crippen molar-refractivity contribution in [1.82, 2.24) is 18.5 Å². The van der Waals surface area contributed by atoms with E-state index in [2.05, 4.69) is 9.88 Å². The molecule has 0 N–H and O–H groups in total. The molecule has 0 saturated carbocycles. The van der Waals surface area contributed by atoms with Crippen LogP contribution in [0, 0.1) is 11.7 Å². The van der Waals surface area contributed by atoms with Gasteiger partial charge in [0.2, 0.25) is 0 Å². The molecule has 2 aromatic rings. The second-order valence-electron chi connectivity index (χ2n) is 7.77. The van der Waals surface area contributed by atoms with Gasteiger partial charge >= 0.3 is 0 Å². The topological polar surface area (TPSA) is 56.8 Å². The summed E-state index contributed by atoms with van der Waals surface area (Å²) < 4.78 is 41.5. The summed E-state index contributed by atoms with van der Waals surface area (Å²) in [7, 11) is -0.219. The number of nitrogens with zero attached hydrogens (tertiary/aromatic N) is 4. The monoisotopic (exact) mass is 392 g/mol. The van der Waals surface area contributed by atoms with Crippen LogP contribution in [0.5, 0.6) is 0 Å². The Morgan fingerprint density at radius 3 is 2.74 bits per heavy atom. The van der Waals surface area contributed by atoms with Gasteiger partial charge in [-0.25, -0.2) is 4.39 Å². The molecule has 0 unspecified atom stereocenters. The Balaban J connectivity index is 1.54. The normalized spacial score (nSPS) is 24.6. The van der Waals surface area contributed by atoms with Gasteiger partial charge in [-0.1, -0.05) is 6.07 Å². The van der Waals surface area contributed by atoms with Gasteiger partial charge in [0.25, 0.3) is 10.2 Å². The van der Waals surface area contributed by atoms with Crippen LogP contribution in [0.25, 0.3) is 10.9 Å². The number of benzene rings is 1. The molecule has 5 rings (SSSR count). The number of aromatic nitrogens is 1. The van der Waals surface area contributed by atoms with Gasteiger partial charge < -0.3 is 0 Å². The van der Waals surface area contributed by atoms with Gasteiger partial charge in [-0.05, 0) is 43.0 Å². The molecule has 2 bridgehead atoms. The highest BCUT2D eigenvalue weighted by atomic mass is 32.2. The minimum atomic E-state index is -3.39. The Labute approximate surface area is 159 Å². The third-order valence-corrected chi connectivity index (χ3v) is 7.53. The van der Waals surface area contributed by atoms with Crippen LogP contribution in [0.15, 0.2) is 30.3 Å². The van der Waals surface area contributed by atoms with Crippen LogP contribution in [0.2, 0.25) is 0 Å². The molecule has 1 aromatic carbocycles. The summed E-state index contributed by atoms with van der Waals surface area (Å²) in [5.41, 5.74) is 1.72. The van der Waals surface area contributed by atoms with Crippen LogP contribution in [0.3, 0.4) is 0 Å². The average molecular weight is 393 g/mol. The molecule has 27 heavy (non-hydrogen) atoms. The first-order chi connectivity index (χ1) is 12.8. The summed E-state index contributed by atoms with van der Waals surface area (Å²) in [6.45, 7) is 2.67. The molecule has 6 nitrogen and oxygen atoms in total. The lowest BCUT2D eigenvalue weighted by Gasteiger charge is -2.35. The highest BCUT2D eigenvalue weighted by Crippen LogP contribution is 2.30. The number of halogens is 1. The molecule has 2 atom stereocenters. The standard InChI is InChI=1S/C19H25FN4O2S/c1-22(2)27(25,26)24-11-14-3-7-18(13-24)23(10-14)12-17-6-4-15-9-16(20)5-8-19(15)21-17/h4-6,8-9,14,18H,3,7,10-13H2,1-2H3/t14-,18-/m1/s1. The average Bonchev–Trinajstić information content (AvgIpc) is 2.94. The maximum Gasteiger partial charge on any atom is 0.281 e. The summed E-state index contributed by atoms with van der Waals surface area (Å²) in [4.78, 5) is 7.03. The van der Waals surface area contributed by atoms with E-state index in [0.29, 0.717) is 25.6 Å². The zero-order valence-electron chi connectivity index (χ0n) is 15.7. The fourth-order valence-electron chi connectivity index (χ4n) is 4.18. The molecule has 0 radical (unpaired) electrons. The summed E-state index contributed by atoms with van der Waals surface area (Å²) in [5.74, 6) is 0.0806. The SMILES string of the molecule is CN(C)S(=O)(=O)N1C[C@@H]2CC[C@H](C1)N(Cc1ccc3cc(F)ccc3n1)C2. The van der Waals surface area contributed by atoms with Gasteiger partial charge in [-0.15, -0.1) is 0 Å². The van der Waals surface area contributed by atoms with Crippen LogP contribution in [-0.2, 0) is 16.8 Å². The van der Waals surface area contributed by atoms with Crippen LogP contribution < -0.4 is 0 Å². The van der Waals surface area contributed by atoms with Crippen molar-refractivity contribution in [2.45, 2.75) is 25.4 Å². The van der Waals surface area contributed by atoms with Crippen molar-refractivity contribution in [2.24, 2.45) is 5.92 Å². The molecular formula is C19H25FN4O2S. The molecule has 8 heteroatoms. The molecule has 3 fully saturated rings. The molecule has 3 aliphatic rings. The Kier molecular flexibility index (Phi) is 4.92. The molecule has 0 spiro atoms. The van der Waals surface area contributed by atoms with E-state index in [4.69, 9.17) is 0 Å². The number of piperidine rings is 1. The predicted molar refractivity (Wildman–Crippen MR) is 103 cm³/mol. The largest absolute Gasteiger partial charge is 0.293 e. The van der Waals surface area contributed by atoms with Crippen molar-refractivity contribution >= 4 is 21.1 Å². The first-order valence-corrected chi connectivity index (χ1v) is 10.7. The summed E-state index contributed by atoms with van der Waals surface area (Å²) in [6.07, 6.45) is 2.06. The van der Waals surface area contributed by atoms with E-state index in [9.17, 15) is 12.8 Å². The summed E-state index contributed by atoms with van der Waals surface area (Å²) in [5, 5.41) is 0.791. The zero-order valence-corrected chi connectivity index (χ0v) is 16.5. The summed E-state index contributed by atoms with van der Waals surface area (Å²) >= 11 is 0. The Morgan fingerprint density at radius 1 is 1.15 bits per heavy atom. The Bertz CT molecular complexity index is 950. The number of rotatable bonds is 4. The molecule has 0 amide bonds. The second kappa shape index (κ2) is 7.09. The van der Waals surface area contributed by atoms with Gasteiger partial charge in [0.15, 0.2) is 0 Å². The lowest BCUT2D eigenvalue weighted by Crippen LogP contribution is -2.46. The van der Waals surface area contributed by atoms with Gasteiger partial charge in [0.1, 0.15) is 5.82 Å². The second-order valence-corrected chi connectivity index (χ2v) is 9.92. The number of pyridine rings is 1. The molecule has 3 aliphatic heterocycles. The van der Waals surface area contributed by atoms with E-state index in [1.807, 2.05) is 12.1 Å². The van der Waals surface area contributed by atoms with E-state index < -0.39 is 10.2 Å². The van der Waals surface area contributed by atoms with E-state index in [0.717, 1.165) is 36.0 Å². The van der Waals surface area contributed by atoms with Crippen molar-refractivity contribution in [2.75, 3.05) is 33.7 Å². The van der Waals surface area contributed by atoms with Gasteiger partial charge in [-0.2, -0.15) is 17.0 Å². The van der Waals surface area contributed by atoms with Crippen LogP contribution in [-0.4, -0.2) is 66.7 Å². The molecular weight excluding hydrogens is 367 g/mol. The van der Waals surface area contributed by atoms with Crippen LogP contribution in [0.4, 0.5) is 4.39 Å². The quantitative estimate of drug-likeness (QED) is 0.799. The van der Waals surface area contributed by atoms with Crippen LogP contribution in [0.1, 0.15) is 18.5 Å². The molecule has 3 saturated heterocycles. The van der Waals surface area contributed by atoms with Crippen molar-refractivity contribution in [3.05, 3.63) is 41.8 Å². The molecule has 1 aromatic heterocycles. The highest BCUT2D eigenvalue weighted by molar-refractivity contribution is 7.86. The number of hydrogen-bond donors (Lipinski definition) is 0. The third-order valence-electron chi connectivity index (χ3n) is 5.66. The number of fused-ring (bicyclic) bond motifs is 5. The van der Waals surface area contributed by atoms with E-state index in [-0.39, 0.29) is 11.9 Å². The van der Waals surface area contributed by atoms with Crippen molar-refractivity contribution in [3.8, 4) is 0 Å². The Morgan fingerprint density at radius 2 is 1.96 bits per heavy atom. The fourth-order valence-corrected chi connectivity index (χ4v) is 5.41. The molecule has 4 heterocycles. The smallest absolute Gasteiger partial charge is 0.281 e. The lowest BCUT2D eigenvalue weighted by molar-refractivity contribution is 0.124. The van der Waals surface area contributed by atoms with E-state index >= 15 is 0 Å². The highest BCUT2D eigenvalue weighted by Gasteiger charge is 2.39. The maximum atomic E-state index is 13.4. The van der Waals surface area contributed by atoms with Crippen molar-refractivity contribution in [3.63, 3.8) is 0 Å². The number of hydrogen-bond acceptors (Lipinski definition) is 4. The zero-order chi connectivity index (χ0) is 19.2. The Hall–Kier alpha value is -1.61. The van der Waals surface area contributed by atoms with Crippen molar-refractivity contribution < 1.29 is 12.8 Å². The molecule has 146 valence electrons. The van der Waals surface area contributed by atoms with E-state index in [1.54, 1.807) is 24.5 Å². The maximum absolute atomic E-state index is 13.4. The first-order valence-electron chi connectivity index (χ1n) is 9.30. The van der Waals surface area contributed by atoms with Crippen LogP contribution >= 0.6 is 0 Å². The fraction of sp³-hybridized carbons (Fsp3) is 0.526. The van der Waals surface area contributed by atoms with Gasteiger partial charge in [-0.3, -0.25) is 9.88 Å². The van der Waals surface area contributed by atoms with Gasteiger partial charge in [0, 0.05) is 51.7 Å². The van der Waals surface area contributed by atoms with Gasteiger partial charge in [0.05, 0.1) is 11.2 Å². The predicted octanol–water partition coefficient (Wildman–Crippen LogP) is 2.08. The summed E-state index contributed by atoms with van der Waals surface area (Å²) in [6, 6.07) is 8.66. The van der Waals surface area contributed by atoms with E-state index in [1.165, 1.54) is 16.4 Å². The lowest BCUT2D eigenvalue weighted by atomic mass is 9.95. The van der Waals surface area contributed by atoms with Crippen molar-refractivity contribution in [1.29, 1.82) is 0 Å². The minimum absolute atomic E-state index is 0.198.